The number of ether oxygens (including phenoxy) is 1. The fourth-order valence-electron chi connectivity index (χ4n) is 4.26. The summed E-state index contributed by atoms with van der Waals surface area (Å²) in [4.78, 5) is 44.5. The van der Waals surface area contributed by atoms with E-state index in [0.717, 1.165) is 11.0 Å². The van der Waals surface area contributed by atoms with Crippen LogP contribution in [-0.4, -0.2) is 39.3 Å². The molecule has 34 heavy (non-hydrogen) atoms. The fraction of sp³-hybridized carbons (Fsp3) is 0.154. The van der Waals surface area contributed by atoms with E-state index in [-0.39, 0.29) is 23.9 Å². The average molecular weight is 454 g/mol. The van der Waals surface area contributed by atoms with E-state index >= 15 is 0 Å². The molecule has 0 saturated heterocycles. The third kappa shape index (κ3) is 3.49. The lowest BCUT2D eigenvalue weighted by atomic mass is 10.1. The predicted octanol–water partition coefficient (Wildman–Crippen LogP) is 4.11. The van der Waals surface area contributed by atoms with Gasteiger partial charge in [-0.15, -0.1) is 0 Å². The number of rotatable bonds is 6. The lowest BCUT2D eigenvalue weighted by Gasteiger charge is -2.16. The summed E-state index contributed by atoms with van der Waals surface area (Å²) in [5, 5.41) is 2.88. The number of aryl methyl sites for hydroxylation is 1. The number of nitrogens with one attached hydrogen (secondary N) is 1. The van der Waals surface area contributed by atoms with Gasteiger partial charge in [0.2, 0.25) is 5.95 Å². The normalized spacial score (nSPS) is 12.8. The van der Waals surface area contributed by atoms with Crippen LogP contribution in [0.4, 0.5) is 5.95 Å². The van der Waals surface area contributed by atoms with E-state index in [4.69, 9.17) is 4.74 Å². The Kier molecular flexibility index (Phi) is 5.33. The van der Waals surface area contributed by atoms with Crippen molar-refractivity contribution in [2.45, 2.75) is 20.0 Å². The number of nitrogens with zero attached hydrogens (tertiary/aromatic N) is 3. The number of aromatic nitrogens is 2. The van der Waals surface area contributed by atoms with Crippen molar-refractivity contribution in [1.82, 2.24) is 14.5 Å². The Labute approximate surface area is 195 Å². The molecule has 1 aromatic heterocycles. The van der Waals surface area contributed by atoms with E-state index < -0.39 is 5.91 Å². The second-order valence-electron chi connectivity index (χ2n) is 7.90. The molecule has 0 spiro atoms. The standard InChI is InChI=1S/C26H22N4O4/c1-3-29-21-11-7-6-10-20(21)27-26(29)28-23(31)19-14-16(12-13-22(19)34-2)15-30-24(32)17-8-4-5-9-18(17)25(30)33/h4-14H,3,15H2,1-2H3,(H,27,28,31). The molecule has 0 radical (unpaired) electrons. The number of carbonyl (C=O) groups excluding carboxylic acids is 3. The molecule has 4 aromatic rings. The average Bonchev–Trinajstić information content (AvgIpc) is 3.33. The molecule has 5 rings (SSSR count). The van der Waals surface area contributed by atoms with Crippen molar-refractivity contribution in [1.29, 1.82) is 0 Å². The lowest BCUT2D eigenvalue weighted by molar-refractivity contribution is 0.0642. The lowest BCUT2D eigenvalue weighted by Crippen LogP contribution is -2.29. The van der Waals surface area contributed by atoms with Crippen molar-refractivity contribution in [2.75, 3.05) is 12.4 Å². The van der Waals surface area contributed by atoms with Crippen molar-refractivity contribution in [3.63, 3.8) is 0 Å². The Bertz CT molecular complexity index is 1420. The van der Waals surface area contributed by atoms with Crippen LogP contribution >= 0.6 is 0 Å². The first-order valence-corrected chi connectivity index (χ1v) is 10.9. The molecule has 8 heteroatoms. The zero-order chi connectivity index (χ0) is 23.8. The van der Waals surface area contributed by atoms with Gasteiger partial charge in [-0.05, 0) is 48.9 Å². The maximum Gasteiger partial charge on any atom is 0.261 e. The van der Waals surface area contributed by atoms with Crippen LogP contribution in [0.2, 0.25) is 0 Å². The summed E-state index contributed by atoms with van der Waals surface area (Å²) in [6.45, 7) is 2.66. The number of hydrogen-bond acceptors (Lipinski definition) is 5. The van der Waals surface area contributed by atoms with Crippen LogP contribution in [0.3, 0.4) is 0 Å². The molecule has 3 aromatic carbocycles. The minimum atomic E-state index is -0.397. The number of fused-ring (bicyclic) bond motifs is 2. The van der Waals surface area contributed by atoms with Gasteiger partial charge in [-0.25, -0.2) is 4.98 Å². The first-order chi connectivity index (χ1) is 16.5. The Hall–Kier alpha value is -4.46. The van der Waals surface area contributed by atoms with Crippen LogP contribution in [0.15, 0.2) is 66.7 Å². The van der Waals surface area contributed by atoms with E-state index in [9.17, 15) is 14.4 Å². The van der Waals surface area contributed by atoms with Crippen LogP contribution < -0.4 is 10.1 Å². The number of amides is 3. The van der Waals surface area contributed by atoms with Crippen molar-refractivity contribution < 1.29 is 19.1 Å². The third-order valence-corrected chi connectivity index (χ3v) is 5.92. The molecule has 1 aliphatic rings. The minimum Gasteiger partial charge on any atom is -0.496 e. The number of benzene rings is 3. The molecule has 0 unspecified atom stereocenters. The highest BCUT2D eigenvalue weighted by Crippen LogP contribution is 2.27. The smallest absolute Gasteiger partial charge is 0.261 e. The molecule has 0 saturated carbocycles. The van der Waals surface area contributed by atoms with Crippen LogP contribution in [0.1, 0.15) is 43.6 Å². The minimum absolute atomic E-state index is 0.0457. The Morgan fingerprint density at radius 1 is 0.971 bits per heavy atom. The largest absolute Gasteiger partial charge is 0.496 e. The monoisotopic (exact) mass is 454 g/mol. The molecule has 1 aliphatic heterocycles. The number of methoxy groups -OCH3 is 1. The first kappa shape index (κ1) is 21.4. The van der Waals surface area contributed by atoms with E-state index in [1.54, 1.807) is 42.5 Å². The highest BCUT2D eigenvalue weighted by molar-refractivity contribution is 6.21. The van der Waals surface area contributed by atoms with Crippen molar-refractivity contribution in [3.05, 3.63) is 89.0 Å². The van der Waals surface area contributed by atoms with Crippen molar-refractivity contribution in [3.8, 4) is 5.75 Å². The number of imide groups is 1. The summed E-state index contributed by atoms with van der Waals surface area (Å²) in [6, 6.07) is 19.4. The van der Waals surface area contributed by atoms with Crippen LogP contribution in [0.25, 0.3) is 11.0 Å². The van der Waals surface area contributed by atoms with E-state index in [1.807, 2.05) is 35.8 Å². The van der Waals surface area contributed by atoms with Crippen molar-refractivity contribution in [2.24, 2.45) is 0 Å². The fourth-order valence-corrected chi connectivity index (χ4v) is 4.26. The molecule has 1 N–H and O–H groups in total. The number of carbonyl (C=O) groups is 3. The second kappa shape index (κ2) is 8.47. The molecule has 2 heterocycles. The summed E-state index contributed by atoms with van der Waals surface area (Å²) in [7, 11) is 1.48. The van der Waals surface area contributed by atoms with Gasteiger partial charge < -0.3 is 9.30 Å². The highest BCUT2D eigenvalue weighted by Gasteiger charge is 2.35. The number of imidazole rings is 1. The van der Waals surface area contributed by atoms with Gasteiger partial charge in [0.05, 0.1) is 41.4 Å². The summed E-state index contributed by atoms with van der Waals surface area (Å²) in [6.07, 6.45) is 0. The van der Waals surface area contributed by atoms with E-state index in [2.05, 4.69) is 10.3 Å². The molecule has 0 fully saturated rings. The molecule has 0 atom stereocenters. The molecular weight excluding hydrogens is 432 g/mol. The first-order valence-electron chi connectivity index (χ1n) is 10.9. The zero-order valence-corrected chi connectivity index (χ0v) is 18.7. The summed E-state index contributed by atoms with van der Waals surface area (Å²) in [5.41, 5.74) is 3.39. The summed E-state index contributed by atoms with van der Waals surface area (Å²) in [5.74, 6) is -0.284. The number of anilines is 1. The molecule has 3 amide bonds. The van der Waals surface area contributed by atoms with E-state index in [1.165, 1.54) is 12.0 Å². The number of para-hydroxylation sites is 2. The second-order valence-corrected chi connectivity index (χ2v) is 7.90. The quantitative estimate of drug-likeness (QED) is 0.443. The van der Waals surface area contributed by atoms with Crippen LogP contribution in [-0.2, 0) is 13.1 Å². The Morgan fingerprint density at radius 3 is 2.32 bits per heavy atom. The summed E-state index contributed by atoms with van der Waals surface area (Å²) < 4.78 is 7.32. The molecular formula is C26H22N4O4. The Balaban J connectivity index is 1.44. The molecule has 0 bridgehead atoms. The van der Waals surface area contributed by atoms with Gasteiger partial charge in [0, 0.05) is 6.54 Å². The van der Waals surface area contributed by atoms with E-state index in [0.29, 0.717) is 34.9 Å². The maximum absolute atomic E-state index is 13.2. The van der Waals surface area contributed by atoms with Crippen LogP contribution in [0, 0.1) is 0 Å². The van der Waals surface area contributed by atoms with Crippen molar-refractivity contribution >= 4 is 34.7 Å². The molecule has 0 aliphatic carbocycles. The maximum atomic E-state index is 13.2. The topological polar surface area (TPSA) is 93.5 Å². The van der Waals surface area contributed by atoms with Gasteiger partial charge in [0.25, 0.3) is 17.7 Å². The van der Waals surface area contributed by atoms with Gasteiger partial charge in [-0.2, -0.15) is 0 Å². The van der Waals surface area contributed by atoms with Gasteiger partial charge in [-0.1, -0.05) is 30.3 Å². The van der Waals surface area contributed by atoms with Gasteiger partial charge in [-0.3, -0.25) is 24.6 Å². The van der Waals surface area contributed by atoms with Crippen LogP contribution in [0.5, 0.6) is 5.75 Å². The zero-order valence-electron chi connectivity index (χ0n) is 18.7. The summed E-state index contributed by atoms with van der Waals surface area (Å²) >= 11 is 0. The SMILES string of the molecule is CCn1c(NC(=O)c2cc(CN3C(=O)c4ccccc4C3=O)ccc2OC)nc2ccccc21. The molecule has 8 nitrogen and oxygen atoms in total. The van der Waals surface area contributed by atoms with Gasteiger partial charge in [0.15, 0.2) is 0 Å². The van der Waals surface area contributed by atoms with Gasteiger partial charge in [0.1, 0.15) is 5.75 Å². The number of hydrogen-bond donors (Lipinski definition) is 1. The Morgan fingerprint density at radius 2 is 1.65 bits per heavy atom. The van der Waals surface area contributed by atoms with Gasteiger partial charge >= 0.3 is 0 Å². The third-order valence-electron chi connectivity index (χ3n) is 5.92. The molecule has 170 valence electrons. The highest BCUT2D eigenvalue weighted by atomic mass is 16.5. The predicted molar refractivity (Wildman–Crippen MR) is 127 cm³/mol.